The molecule has 0 radical (unpaired) electrons. The van der Waals surface area contributed by atoms with Crippen LogP contribution in [0.5, 0.6) is 0 Å². The summed E-state index contributed by atoms with van der Waals surface area (Å²) in [6.07, 6.45) is 1.04. The van der Waals surface area contributed by atoms with Gasteiger partial charge in [0.2, 0.25) is 0 Å². The number of hydrogen-bond acceptors (Lipinski definition) is 6. The molecule has 0 aliphatic rings. The van der Waals surface area contributed by atoms with E-state index in [4.69, 9.17) is 5.11 Å². The lowest BCUT2D eigenvalue weighted by atomic mass is 10.1. The lowest BCUT2D eigenvalue weighted by Crippen LogP contribution is -2.12. The molecule has 0 spiro atoms. The molecule has 2 heterocycles. The van der Waals surface area contributed by atoms with Crippen molar-refractivity contribution in [3.63, 3.8) is 0 Å². The fourth-order valence-corrected chi connectivity index (χ4v) is 2.40. The summed E-state index contributed by atoms with van der Waals surface area (Å²) < 4.78 is 0. The van der Waals surface area contributed by atoms with Crippen molar-refractivity contribution in [2.24, 2.45) is 0 Å². The first-order chi connectivity index (χ1) is 9.49. The van der Waals surface area contributed by atoms with Gasteiger partial charge in [-0.15, -0.1) is 0 Å². The van der Waals surface area contributed by atoms with E-state index in [1.165, 1.54) is 11.3 Å². The highest BCUT2D eigenvalue weighted by Crippen LogP contribution is 2.24. The number of nitrogens with zero attached hydrogens (tertiary/aromatic N) is 2. The summed E-state index contributed by atoms with van der Waals surface area (Å²) in [6, 6.07) is 2.76. The van der Waals surface area contributed by atoms with Crippen LogP contribution in [-0.2, 0) is 0 Å². The largest absolute Gasteiger partial charge is 0.478 e. The van der Waals surface area contributed by atoms with Gasteiger partial charge >= 0.3 is 5.97 Å². The zero-order valence-electron chi connectivity index (χ0n) is 10.4. The van der Waals surface area contributed by atoms with Gasteiger partial charge in [0.1, 0.15) is 17.6 Å². The molecule has 0 saturated carbocycles. The Morgan fingerprint density at radius 1 is 1.60 bits per heavy atom. The van der Waals surface area contributed by atoms with Crippen LogP contribution in [0, 0.1) is 10.1 Å². The van der Waals surface area contributed by atoms with Crippen molar-refractivity contribution in [1.82, 2.24) is 4.98 Å². The third-order valence-corrected chi connectivity index (χ3v) is 3.41. The van der Waals surface area contributed by atoms with Crippen molar-refractivity contribution in [1.29, 1.82) is 0 Å². The maximum absolute atomic E-state index is 11.2. The normalized spacial score (nSPS) is 11.8. The van der Waals surface area contributed by atoms with E-state index in [2.05, 4.69) is 10.3 Å². The smallest absolute Gasteiger partial charge is 0.339 e. The average molecular weight is 293 g/mol. The molecule has 2 aromatic heterocycles. The van der Waals surface area contributed by atoms with Crippen LogP contribution in [0.15, 0.2) is 29.1 Å². The number of aromatic carboxylic acids is 1. The van der Waals surface area contributed by atoms with Gasteiger partial charge in [-0.3, -0.25) is 10.1 Å². The summed E-state index contributed by atoms with van der Waals surface area (Å²) in [5, 5.41) is 26.6. The molecular formula is C12H11N3O4S. The van der Waals surface area contributed by atoms with Crippen LogP contribution in [0.1, 0.15) is 28.9 Å². The molecule has 2 aromatic rings. The molecule has 0 aromatic carbocycles. The maximum atomic E-state index is 11.2. The van der Waals surface area contributed by atoms with Crippen LogP contribution in [0.4, 0.5) is 11.5 Å². The SMILES string of the molecule is CC(Nc1ncc([N+](=O)[O-])cc1C(=O)O)c1ccsc1. The summed E-state index contributed by atoms with van der Waals surface area (Å²) in [6.45, 7) is 1.86. The predicted octanol–water partition coefficient (Wildman–Crippen LogP) is 2.92. The minimum absolute atomic E-state index is 0.113. The fraction of sp³-hybridized carbons (Fsp3) is 0.167. The number of nitrogens with one attached hydrogen (secondary N) is 1. The summed E-state index contributed by atoms with van der Waals surface area (Å²) in [7, 11) is 0. The van der Waals surface area contributed by atoms with E-state index in [9.17, 15) is 14.9 Å². The maximum Gasteiger partial charge on any atom is 0.339 e. The molecule has 8 heteroatoms. The Labute approximate surface area is 118 Å². The molecule has 1 unspecified atom stereocenters. The molecule has 0 amide bonds. The van der Waals surface area contributed by atoms with Gasteiger partial charge in [0.15, 0.2) is 0 Å². The highest BCUT2D eigenvalue weighted by molar-refractivity contribution is 7.07. The number of rotatable bonds is 5. The third-order valence-electron chi connectivity index (χ3n) is 2.71. The summed E-state index contributed by atoms with van der Waals surface area (Å²) in [5.41, 5.74) is 0.420. The highest BCUT2D eigenvalue weighted by Gasteiger charge is 2.19. The molecule has 20 heavy (non-hydrogen) atoms. The van der Waals surface area contributed by atoms with Crippen LogP contribution >= 0.6 is 11.3 Å². The monoisotopic (exact) mass is 293 g/mol. The standard InChI is InChI=1S/C12H11N3O4S/c1-7(8-2-3-20-6-8)14-11-10(12(16)17)4-9(5-13-11)15(18)19/h2-7H,1H3,(H,13,14)(H,16,17). The molecule has 7 nitrogen and oxygen atoms in total. The molecular weight excluding hydrogens is 282 g/mol. The molecule has 0 fully saturated rings. The molecule has 0 aliphatic carbocycles. The Hall–Kier alpha value is -2.48. The second kappa shape index (κ2) is 5.66. The lowest BCUT2D eigenvalue weighted by molar-refractivity contribution is -0.385. The molecule has 2 N–H and O–H groups in total. The Bertz CT molecular complexity index is 642. The Morgan fingerprint density at radius 2 is 2.35 bits per heavy atom. The number of thiophene rings is 1. The number of nitro groups is 1. The first kappa shape index (κ1) is 13.9. The number of hydrogen-bond donors (Lipinski definition) is 2. The zero-order valence-corrected chi connectivity index (χ0v) is 11.3. The van der Waals surface area contributed by atoms with Crippen LogP contribution in [-0.4, -0.2) is 21.0 Å². The second-order valence-electron chi connectivity index (χ2n) is 4.07. The van der Waals surface area contributed by atoms with Gasteiger partial charge in [0.25, 0.3) is 5.69 Å². The summed E-state index contributed by atoms with van der Waals surface area (Å²) in [4.78, 5) is 25.0. The number of aromatic nitrogens is 1. The Kier molecular flexibility index (Phi) is 3.94. The van der Waals surface area contributed by atoms with Gasteiger partial charge in [-0.1, -0.05) is 0 Å². The number of carboxylic acids is 1. The van der Waals surface area contributed by atoms with E-state index in [1.807, 2.05) is 23.8 Å². The van der Waals surface area contributed by atoms with E-state index < -0.39 is 10.9 Å². The van der Waals surface area contributed by atoms with Gasteiger partial charge in [0, 0.05) is 6.07 Å². The number of carbonyl (C=O) groups is 1. The second-order valence-corrected chi connectivity index (χ2v) is 4.85. The summed E-state index contributed by atoms with van der Waals surface area (Å²) >= 11 is 1.53. The van der Waals surface area contributed by atoms with Crippen LogP contribution in [0.2, 0.25) is 0 Å². The Balaban J connectivity index is 2.31. The molecule has 0 aliphatic heterocycles. The first-order valence-electron chi connectivity index (χ1n) is 5.65. The zero-order chi connectivity index (χ0) is 14.7. The minimum atomic E-state index is -1.26. The van der Waals surface area contributed by atoms with E-state index in [-0.39, 0.29) is 23.1 Å². The Morgan fingerprint density at radius 3 is 2.90 bits per heavy atom. The fourth-order valence-electron chi connectivity index (χ4n) is 1.64. The third kappa shape index (κ3) is 2.91. The quantitative estimate of drug-likeness (QED) is 0.648. The number of pyridine rings is 1. The summed E-state index contributed by atoms with van der Waals surface area (Å²) in [5.74, 6) is -1.15. The predicted molar refractivity (Wildman–Crippen MR) is 74.2 cm³/mol. The van der Waals surface area contributed by atoms with Gasteiger partial charge in [-0.05, 0) is 29.3 Å². The van der Waals surface area contributed by atoms with Crippen molar-refractivity contribution in [2.75, 3.05) is 5.32 Å². The van der Waals surface area contributed by atoms with Crippen molar-refractivity contribution in [3.8, 4) is 0 Å². The van der Waals surface area contributed by atoms with Crippen molar-refractivity contribution in [2.45, 2.75) is 13.0 Å². The van der Waals surface area contributed by atoms with Crippen molar-refractivity contribution >= 4 is 28.8 Å². The van der Waals surface area contributed by atoms with Gasteiger partial charge in [-0.25, -0.2) is 9.78 Å². The van der Waals surface area contributed by atoms with Crippen LogP contribution in [0.25, 0.3) is 0 Å². The van der Waals surface area contributed by atoms with E-state index >= 15 is 0 Å². The van der Waals surface area contributed by atoms with Crippen molar-refractivity contribution in [3.05, 3.63) is 50.3 Å². The minimum Gasteiger partial charge on any atom is -0.478 e. The molecule has 1 atom stereocenters. The van der Waals surface area contributed by atoms with Crippen LogP contribution < -0.4 is 5.32 Å². The molecule has 0 bridgehead atoms. The molecule has 0 saturated heterocycles. The molecule has 2 rings (SSSR count). The van der Waals surface area contributed by atoms with Crippen molar-refractivity contribution < 1.29 is 14.8 Å². The lowest BCUT2D eigenvalue weighted by Gasteiger charge is -2.14. The van der Waals surface area contributed by atoms with E-state index in [0.29, 0.717) is 0 Å². The van der Waals surface area contributed by atoms with Crippen LogP contribution in [0.3, 0.4) is 0 Å². The number of carboxylic acid groups (broad SMARTS) is 1. The van der Waals surface area contributed by atoms with Gasteiger partial charge in [0.05, 0.1) is 11.0 Å². The van der Waals surface area contributed by atoms with Gasteiger partial charge < -0.3 is 10.4 Å². The van der Waals surface area contributed by atoms with E-state index in [1.54, 1.807) is 0 Å². The number of anilines is 1. The molecule has 104 valence electrons. The van der Waals surface area contributed by atoms with Gasteiger partial charge in [-0.2, -0.15) is 11.3 Å². The first-order valence-corrected chi connectivity index (χ1v) is 6.59. The topological polar surface area (TPSA) is 105 Å². The highest BCUT2D eigenvalue weighted by atomic mass is 32.1. The van der Waals surface area contributed by atoms with E-state index in [0.717, 1.165) is 17.8 Å². The average Bonchev–Trinajstić information content (AvgIpc) is 2.92.